The van der Waals surface area contributed by atoms with Crippen LogP contribution in [-0.2, 0) is 10.1 Å². The summed E-state index contributed by atoms with van der Waals surface area (Å²) in [6.45, 7) is 5.83. The van der Waals surface area contributed by atoms with E-state index in [-0.39, 0.29) is 29.6 Å². The second-order valence-corrected chi connectivity index (χ2v) is 5.61. The fourth-order valence-corrected chi connectivity index (χ4v) is 1.77. The van der Waals surface area contributed by atoms with Crippen LogP contribution in [0.3, 0.4) is 0 Å². The predicted molar refractivity (Wildman–Crippen MR) is 86.3 cm³/mol. The monoisotopic (exact) mass is 324 g/mol. The van der Waals surface area contributed by atoms with Crippen LogP contribution < -0.4 is 29.6 Å². The van der Waals surface area contributed by atoms with Gasteiger partial charge in [-0.25, -0.2) is 8.42 Å². The summed E-state index contributed by atoms with van der Waals surface area (Å²) in [4.78, 5) is 0. The van der Waals surface area contributed by atoms with Gasteiger partial charge >= 0.3 is 29.6 Å². The maximum atomic E-state index is 10.2. The van der Waals surface area contributed by atoms with Crippen LogP contribution in [0.1, 0.15) is 18.1 Å². The first-order valence-corrected chi connectivity index (χ1v) is 7.75. The second-order valence-electron chi connectivity index (χ2n) is 4.35. The third-order valence-electron chi connectivity index (χ3n) is 2.49. The summed E-state index contributed by atoms with van der Waals surface area (Å²) in [6.07, 6.45) is 1.27. The molecule has 0 atom stereocenters. The standard InChI is InChI=1S/C9H10.C8H8O3S.Na/c1-8(2)9-6-4-3-5-7-9;9-12(10,11)7-6-8-4-2-1-3-5-8;/h3-7H,1H2,2H3;1-7H,(H,9,10,11);/q;;+1/p-1. The zero-order valence-electron chi connectivity index (χ0n) is 12.8. The Kier molecular flexibility index (Phi) is 9.98. The molecule has 0 radical (unpaired) electrons. The van der Waals surface area contributed by atoms with E-state index in [1.54, 1.807) is 24.3 Å². The van der Waals surface area contributed by atoms with Crippen LogP contribution in [0.2, 0.25) is 0 Å². The number of allylic oxidation sites excluding steroid dienone is 1. The Morgan fingerprint density at radius 3 is 1.82 bits per heavy atom. The van der Waals surface area contributed by atoms with Gasteiger partial charge in [-0.3, -0.25) is 0 Å². The van der Waals surface area contributed by atoms with Crippen molar-refractivity contribution < 1.29 is 42.5 Å². The van der Waals surface area contributed by atoms with Gasteiger partial charge in [-0.1, -0.05) is 72.8 Å². The minimum Gasteiger partial charge on any atom is -0.744 e. The summed E-state index contributed by atoms with van der Waals surface area (Å²) < 4.78 is 30.5. The molecule has 0 N–H and O–H groups in total. The van der Waals surface area contributed by atoms with Gasteiger partial charge < -0.3 is 4.55 Å². The van der Waals surface area contributed by atoms with Crippen molar-refractivity contribution in [3.8, 4) is 0 Å². The molecule has 3 nitrogen and oxygen atoms in total. The van der Waals surface area contributed by atoms with E-state index in [4.69, 9.17) is 0 Å². The Bertz CT molecular complexity index is 693. The third kappa shape index (κ3) is 9.71. The van der Waals surface area contributed by atoms with E-state index in [1.807, 2.05) is 31.2 Å². The zero-order valence-corrected chi connectivity index (χ0v) is 15.6. The molecule has 22 heavy (non-hydrogen) atoms. The van der Waals surface area contributed by atoms with Crippen molar-refractivity contribution in [2.45, 2.75) is 6.92 Å². The molecule has 2 rings (SSSR count). The molecule has 0 aliphatic rings. The summed E-state index contributed by atoms with van der Waals surface area (Å²) in [5.41, 5.74) is 3.03. The molecule has 2 aromatic rings. The van der Waals surface area contributed by atoms with E-state index >= 15 is 0 Å². The zero-order chi connectivity index (χ0) is 15.7. The molecular formula is C17H17NaO3S. The quantitative estimate of drug-likeness (QED) is 0.623. The van der Waals surface area contributed by atoms with Crippen molar-refractivity contribution >= 4 is 21.8 Å². The summed E-state index contributed by atoms with van der Waals surface area (Å²) in [5, 5.41) is 0.641. The van der Waals surface area contributed by atoms with E-state index in [2.05, 4.69) is 18.7 Å². The van der Waals surface area contributed by atoms with Gasteiger partial charge in [-0.05, 0) is 24.1 Å². The minimum absolute atomic E-state index is 0. The van der Waals surface area contributed by atoms with E-state index in [9.17, 15) is 13.0 Å². The van der Waals surface area contributed by atoms with Crippen LogP contribution in [0.4, 0.5) is 0 Å². The number of hydrogen-bond acceptors (Lipinski definition) is 3. The number of benzene rings is 2. The first-order chi connectivity index (χ1) is 9.88. The Morgan fingerprint density at radius 2 is 1.45 bits per heavy atom. The summed E-state index contributed by atoms with van der Waals surface area (Å²) >= 11 is 0. The number of rotatable bonds is 3. The molecule has 0 unspecified atom stereocenters. The molecule has 0 spiro atoms. The van der Waals surface area contributed by atoms with Gasteiger partial charge in [0.15, 0.2) is 0 Å². The van der Waals surface area contributed by atoms with Gasteiger partial charge in [0.25, 0.3) is 0 Å². The van der Waals surface area contributed by atoms with Crippen molar-refractivity contribution in [2.24, 2.45) is 0 Å². The third-order valence-corrected chi connectivity index (χ3v) is 2.96. The van der Waals surface area contributed by atoms with Crippen molar-refractivity contribution in [1.82, 2.24) is 0 Å². The molecule has 2 aromatic carbocycles. The van der Waals surface area contributed by atoms with Gasteiger partial charge in [0.05, 0.1) is 0 Å². The maximum Gasteiger partial charge on any atom is 1.00 e. The second kappa shape index (κ2) is 10.5. The van der Waals surface area contributed by atoms with Crippen LogP contribution in [0.25, 0.3) is 11.6 Å². The molecule has 0 aromatic heterocycles. The number of hydrogen-bond donors (Lipinski definition) is 0. The SMILES string of the molecule is C=C(C)c1ccccc1.O=S(=O)([O-])C=Cc1ccccc1.[Na+]. The van der Waals surface area contributed by atoms with Crippen molar-refractivity contribution in [1.29, 1.82) is 0 Å². The molecule has 110 valence electrons. The fraction of sp³-hybridized carbons (Fsp3) is 0.0588. The molecule has 5 heteroatoms. The molecule has 0 aliphatic heterocycles. The van der Waals surface area contributed by atoms with Crippen molar-refractivity contribution in [2.75, 3.05) is 0 Å². The fourth-order valence-electron chi connectivity index (χ4n) is 1.45. The van der Waals surface area contributed by atoms with E-state index in [0.717, 1.165) is 5.57 Å². The summed E-state index contributed by atoms with van der Waals surface area (Å²) in [6, 6.07) is 18.9. The Morgan fingerprint density at radius 1 is 1.00 bits per heavy atom. The first kappa shape index (κ1) is 20.8. The van der Waals surface area contributed by atoms with Crippen LogP contribution >= 0.6 is 0 Å². The maximum absolute atomic E-state index is 10.2. The Labute approximate surface area is 154 Å². The van der Waals surface area contributed by atoms with Gasteiger partial charge in [-0.2, -0.15) is 0 Å². The molecule has 0 heterocycles. The topological polar surface area (TPSA) is 57.2 Å². The smallest absolute Gasteiger partial charge is 0.744 e. The molecule has 0 fully saturated rings. The van der Waals surface area contributed by atoms with Gasteiger partial charge in [0.1, 0.15) is 10.1 Å². The molecule has 0 saturated carbocycles. The minimum atomic E-state index is -4.25. The largest absolute Gasteiger partial charge is 1.00 e. The van der Waals surface area contributed by atoms with Crippen LogP contribution in [-0.4, -0.2) is 13.0 Å². The average Bonchev–Trinajstić information content (AvgIpc) is 2.47. The summed E-state index contributed by atoms with van der Waals surface area (Å²) in [5.74, 6) is 0. The molecule has 0 aliphatic carbocycles. The van der Waals surface area contributed by atoms with Crippen molar-refractivity contribution in [3.63, 3.8) is 0 Å². The Balaban J connectivity index is 0.000000397. The van der Waals surface area contributed by atoms with Gasteiger partial charge in [0, 0.05) is 5.41 Å². The average molecular weight is 324 g/mol. The normalized spacial score (nSPS) is 10.3. The van der Waals surface area contributed by atoms with Crippen molar-refractivity contribution in [3.05, 3.63) is 83.8 Å². The van der Waals surface area contributed by atoms with E-state index in [1.165, 1.54) is 11.6 Å². The molecule has 0 amide bonds. The predicted octanol–water partition coefficient (Wildman–Crippen LogP) is 0.926. The van der Waals surface area contributed by atoms with Crippen LogP contribution in [0, 0.1) is 0 Å². The van der Waals surface area contributed by atoms with E-state index < -0.39 is 10.1 Å². The van der Waals surface area contributed by atoms with Gasteiger partial charge in [0.2, 0.25) is 0 Å². The first-order valence-electron chi connectivity index (χ1n) is 6.28. The van der Waals surface area contributed by atoms with E-state index in [0.29, 0.717) is 11.0 Å². The molecule has 0 saturated heterocycles. The Hall–Kier alpha value is -1.17. The molecule has 0 bridgehead atoms. The molecular weight excluding hydrogens is 307 g/mol. The summed E-state index contributed by atoms with van der Waals surface area (Å²) in [7, 11) is -4.25. The van der Waals surface area contributed by atoms with Crippen LogP contribution in [0.15, 0.2) is 72.7 Å². The van der Waals surface area contributed by atoms with Gasteiger partial charge in [-0.15, -0.1) is 0 Å². The van der Waals surface area contributed by atoms with Crippen LogP contribution in [0.5, 0.6) is 0 Å².